The number of likely N-dealkylation sites (tertiary alicyclic amines) is 1. The SMILES string of the molecule is Cc1ccc(C(F)(F)F)c(C(=O)N2CC[C@@H](Nc3nc4ccc(Cl)cc4o3)C2)c1. The molecule has 1 aliphatic rings. The van der Waals surface area contributed by atoms with E-state index in [2.05, 4.69) is 10.3 Å². The number of aromatic nitrogens is 1. The minimum Gasteiger partial charge on any atom is -0.423 e. The fourth-order valence-electron chi connectivity index (χ4n) is 3.45. The molecule has 1 fully saturated rings. The number of amides is 1. The van der Waals surface area contributed by atoms with Gasteiger partial charge in [0.2, 0.25) is 0 Å². The Hall–Kier alpha value is -2.74. The van der Waals surface area contributed by atoms with Crippen LogP contribution in [-0.4, -0.2) is 34.9 Å². The number of benzene rings is 2. The summed E-state index contributed by atoms with van der Waals surface area (Å²) in [5, 5.41) is 3.63. The van der Waals surface area contributed by atoms with Crippen LogP contribution in [0.5, 0.6) is 0 Å². The van der Waals surface area contributed by atoms with Gasteiger partial charge in [-0.05, 0) is 37.6 Å². The van der Waals surface area contributed by atoms with Gasteiger partial charge in [-0.1, -0.05) is 23.2 Å². The smallest absolute Gasteiger partial charge is 0.417 e. The van der Waals surface area contributed by atoms with E-state index in [1.54, 1.807) is 25.1 Å². The minimum atomic E-state index is -4.59. The van der Waals surface area contributed by atoms with Crippen LogP contribution in [0.2, 0.25) is 5.02 Å². The van der Waals surface area contributed by atoms with Crippen molar-refractivity contribution in [2.24, 2.45) is 0 Å². The topological polar surface area (TPSA) is 58.4 Å². The molecule has 4 rings (SSSR count). The fraction of sp³-hybridized carbons (Fsp3) is 0.300. The Morgan fingerprint density at radius 3 is 2.83 bits per heavy atom. The number of hydrogen-bond acceptors (Lipinski definition) is 4. The average Bonchev–Trinajstić information content (AvgIpc) is 3.26. The zero-order valence-electron chi connectivity index (χ0n) is 15.4. The molecule has 0 spiro atoms. The van der Waals surface area contributed by atoms with Gasteiger partial charge >= 0.3 is 6.18 Å². The number of aryl methyl sites for hydroxylation is 1. The lowest BCUT2D eigenvalue weighted by Gasteiger charge is -2.20. The number of oxazole rings is 1. The molecule has 29 heavy (non-hydrogen) atoms. The maximum absolute atomic E-state index is 13.3. The van der Waals surface area contributed by atoms with E-state index in [-0.39, 0.29) is 24.2 Å². The lowest BCUT2D eigenvalue weighted by Crippen LogP contribution is -2.33. The van der Waals surface area contributed by atoms with Crippen LogP contribution in [0, 0.1) is 6.92 Å². The molecular weight excluding hydrogens is 407 g/mol. The van der Waals surface area contributed by atoms with Gasteiger partial charge in [0, 0.05) is 30.2 Å². The third-order valence-electron chi connectivity index (χ3n) is 4.86. The fourth-order valence-corrected chi connectivity index (χ4v) is 3.61. The Labute approximate surface area is 169 Å². The van der Waals surface area contributed by atoms with Crippen LogP contribution in [0.1, 0.15) is 27.9 Å². The van der Waals surface area contributed by atoms with E-state index in [1.165, 1.54) is 17.0 Å². The number of fused-ring (bicyclic) bond motifs is 1. The molecule has 0 radical (unpaired) electrons. The Morgan fingerprint density at radius 1 is 1.28 bits per heavy atom. The summed E-state index contributed by atoms with van der Waals surface area (Å²) in [7, 11) is 0. The number of halogens is 4. The lowest BCUT2D eigenvalue weighted by atomic mass is 10.0. The van der Waals surface area contributed by atoms with Crippen LogP contribution < -0.4 is 5.32 Å². The second-order valence-corrected chi connectivity index (χ2v) is 7.50. The summed E-state index contributed by atoms with van der Waals surface area (Å²) in [5.41, 5.74) is 0.522. The highest BCUT2D eigenvalue weighted by molar-refractivity contribution is 6.31. The van der Waals surface area contributed by atoms with Gasteiger partial charge in [-0.25, -0.2) is 0 Å². The Morgan fingerprint density at radius 2 is 2.07 bits per heavy atom. The van der Waals surface area contributed by atoms with Crippen molar-refractivity contribution in [1.82, 2.24) is 9.88 Å². The van der Waals surface area contributed by atoms with Gasteiger partial charge in [0.15, 0.2) is 5.58 Å². The van der Waals surface area contributed by atoms with Crippen LogP contribution >= 0.6 is 11.6 Å². The molecular formula is C20H17ClF3N3O2. The zero-order chi connectivity index (χ0) is 20.8. The number of carbonyl (C=O) groups is 1. The summed E-state index contributed by atoms with van der Waals surface area (Å²) in [6.45, 7) is 2.25. The number of nitrogens with zero attached hydrogens (tertiary/aromatic N) is 2. The molecule has 5 nitrogen and oxygen atoms in total. The second-order valence-electron chi connectivity index (χ2n) is 7.06. The maximum atomic E-state index is 13.3. The predicted molar refractivity (Wildman–Crippen MR) is 103 cm³/mol. The molecule has 1 N–H and O–H groups in total. The molecule has 2 aromatic carbocycles. The van der Waals surface area contributed by atoms with Crippen molar-refractivity contribution in [2.45, 2.75) is 25.6 Å². The molecule has 1 atom stereocenters. The first-order chi connectivity index (χ1) is 13.7. The largest absolute Gasteiger partial charge is 0.423 e. The number of anilines is 1. The molecule has 0 aliphatic carbocycles. The summed E-state index contributed by atoms with van der Waals surface area (Å²) in [5.74, 6) is -0.630. The lowest BCUT2D eigenvalue weighted by molar-refractivity contribution is -0.138. The Bertz CT molecular complexity index is 1080. The molecule has 9 heteroatoms. The number of carbonyl (C=O) groups excluding carboxylic acids is 1. The monoisotopic (exact) mass is 423 g/mol. The van der Waals surface area contributed by atoms with Crippen LogP contribution in [0.25, 0.3) is 11.1 Å². The van der Waals surface area contributed by atoms with Crippen molar-refractivity contribution in [2.75, 3.05) is 18.4 Å². The van der Waals surface area contributed by atoms with Crippen molar-refractivity contribution >= 4 is 34.6 Å². The van der Waals surface area contributed by atoms with Crippen LogP contribution in [0.4, 0.5) is 19.2 Å². The molecule has 0 unspecified atom stereocenters. The summed E-state index contributed by atoms with van der Waals surface area (Å²) in [6, 6.07) is 8.78. The first-order valence-electron chi connectivity index (χ1n) is 9.00. The van der Waals surface area contributed by atoms with Crippen LogP contribution in [-0.2, 0) is 6.18 Å². The number of nitrogens with one attached hydrogen (secondary N) is 1. The van der Waals surface area contributed by atoms with E-state index in [4.69, 9.17) is 16.0 Å². The second kappa shape index (κ2) is 7.26. The minimum absolute atomic E-state index is 0.179. The molecule has 1 aliphatic heterocycles. The normalized spacial score (nSPS) is 17.1. The first-order valence-corrected chi connectivity index (χ1v) is 9.38. The van der Waals surface area contributed by atoms with Crippen molar-refractivity contribution in [3.05, 3.63) is 58.1 Å². The summed E-state index contributed by atoms with van der Waals surface area (Å²) < 4.78 is 45.5. The van der Waals surface area contributed by atoms with Gasteiger partial charge in [0.25, 0.3) is 11.9 Å². The highest BCUT2D eigenvalue weighted by Crippen LogP contribution is 2.33. The predicted octanol–water partition coefficient (Wildman–Crippen LogP) is 5.14. The van der Waals surface area contributed by atoms with E-state index >= 15 is 0 Å². The maximum Gasteiger partial charge on any atom is 0.417 e. The van der Waals surface area contributed by atoms with E-state index in [1.807, 2.05) is 0 Å². The third-order valence-corrected chi connectivity index (χ3v) is 5.10. The zero-order valence-corrected chi connectivity index (χ0v) is 16.1. The summed E-state index contributed by atoms with van der Waals surface area (Å²) >= 11 is 5.93. The van der Waals surface area contributed by atoms with Gasteiger partial charge in [-0.3, -0.25) is 4.79 Å². The standard InChI is InChI=1S/C20H17ClF3N3O2/c1-11-2-4-15(20(22,23)24)14(8-11)18(28)27-7-6-13(10-27)25-19-26-16-5-3-12(21)9-17(16)29-19/h2-5,8-9,13H,6-7,10H2,1H3,(H,25,26)/t13-/m1/s1. The van der Waals surface area contributed by atoms with E-state index in [0.29, 0.717) is 34.7 Å². The number of alkyl halides is 3. The quantitative estimate of drug-likeness (QED) is 0.634. The summed E-state index contributed by atoms with van der Waals surface area (Å²) in [6.07, 6.45) is -4.02. The van der Waals surface area contributed by atoms with Crippen LogP contribution in [0.15, 0.2) is 40.8 Å². The Kier molecular flexibility index (Phi) is 4.90. The average molecular weight is 424 g/mol. The highest BCUT2D eigenvalue weighted by atomic mass is 35.5. The van der Waals surface area contributed by atoms with Crippen LogP contribution in [0.3, 0.4) is 0 Å². The van der Waals surface area contributed by atoms with Crippen molar-refractivity contribution < 1.29 is 22.4 Å². The molecule has 0 saturated carbocycles. The van der Waals surface area contributed by atoms with Crippen molar-refractivity contribution in [1.29, 1.82) is 0 Å². The van der Waals surface area contributed by atoms with E-state index in [0.717, 1.165) is 6.07 Å². The van der Waals surface area contributed by atoms with Crippen molar-refractivity contribution in [3.63, 3.8) is 0 Å². The molecule has 1 saturated heterocycles. The molecule has 3 aromatic rings. The number of rotatable bonds is 3. The molecule has 2 heterocycles. The molecule has 0 bridgehead atoms. The van der Waals surface area contributed by atoms with Crippen molar-refractivity contribution in [3.8, 4) is 0 Å². The van der Waals surface area contributed by atoms with Gasteiger partial charge in [0.05, 0.1) is 11.1 Å². The Balaban J connectivity index is 1.49. The van der Waals surface area contributed by atoms with Gasteiger partial charge < -0.3 is 14.6 Å². The highest BCUT2D eigenvalue weighted by Gasteiger charge is 2.37. The van der Waals surface area contributed by atoms with Gasteiger partial charge in [-0.2, -0.15) is 18.2 Å². The summed E-state index contributed by atoms with van der Waals surface area (Å²) in [4.78, 5) is 18.5. The third kappa shape index (κ3) is 4.03. The van der Waals surface area contributed by atoms with E-state index < -0.39 is 17.6 Å². The van der Waals surface area contributed by atoms with E-state index in [9.17, 15) is 18.0 Å². The molecule has 1 amide bonds. The number of hydrogen-bond donors (Lipinski definition) is 1. The molecule has 1 aromatic heterocycles. The van der Waals surface area contributed by atoms with Gasteiger partial charge in [0.1, 0.15) is 5.52 Å². The first kappa shape index (κ1) is 19.6. The molecule has 152 valence electrons. The van der Waals surface area contributed by atoms with Gasteiger partial charge in [-0.15, -0.1) is 0 Å².